The minimum absolute atomic E-state index is 0.0231. The van der Waals surface area contributed by atoms with E-state index in [1.807, 2.05) is 0 Å². The number of hydrogen-bond acceptors (Lipinski definition) is 5. The van der Waals surface area contributed by atoms with E-state index in [-0.39, 0.29) is 40.4 Å². The van der Waals surface area contributed by atoms with Crippen molar-refractivity contribution in [1.82, 2.24) is 14.9 Å². The zero-order valence-corrected chi connectivity index (χ0v) is 17.9. The van der Waals surface area contributed by atoms with Crippen molar-refractivity contribution in [3.05, 3.63) is 57.8 Å². The maximum atomic E-state index is 13.8. The molecular formula is C19H17ClF4N6O3. The fraction of sp³-hybridized carbons (Fsp3) is 0.263. The predicted molar refractivity (Wildman–Crippen MR) is 111 cm³/mol. The summed E-state index contributed by atoms with van der Waals surface area (Å²) < 4.78 is 59.5. The van der Waals surface area contributed by atoms with Crippen molar-refractivity contribution in [2.75, 3.05) is 17.2 Å². The number of anilines is 2. The molecule has 14 heteroatoms. The molecule has 0 fully saturated rings. The number of amides is 1. The second-order valence-corrected chi connectivity index (χ2v) is 7.21. The van der Waals surface area contributed by atoms with E-state index in [9.17, 15) is 27.5 Å². The average molecular weight is 489 g/mol. The molecule has 1 amide bonds. The molecule has 0 saturated carbocycles. The molecule has 176 valence electrons. The van der Waals surface area contributed by atoms with Crippen molar-refractivity contribution < 1.29 is 32.0 Å². The summed E-state index contributed by atoms with van der Waals surface area (Å²) in [5, 5.41) is 21.5. The Hall–Kier alpha value is -3.45. The van der Waals surface area contributed by atoms with Gasteiger partial charge in [-0.05, 0) is 32.0 Å². The number of nitrogens with one attached hydrogen (secondary N) is 2. The molecule has 2 heterocycles. The third kappa shape index (κ3) is 5.87. The molecule has 0 bridgehead atoms. The molecular weight excluding hydrogens is 472 g/mol. The predicted octanol–water partition coefficient (Wildman–Crippen LogP) is 4.01. The number of benzene rings is 1. The van der Waals surface area contributed by atoms with Crippen LogP contribution in [0.4, 0.5) is 29.1 Å². The van der Waals surface area contributed by atoms with Gasteiger partial charge >= 0.3 is 12.1 Å². The maximum absolute atomic E-state index is 13.8. The van der Waals surface area contributed by atoms with Crippen LogP contribution in [0.3, 0.4) is 0 Å². The largest absolute Gasteiger partial charge is 0.435 e. The minimum atomic E-state index is -4.77. The highest BCUT2D eigenvalue weighted by Gasteiger charge is 2.38. The van der Waals surface area contributed by atoms with Gasteiger partial charge in [-0.15, -0.1) is 0 Å². The van der Waals surface area contributed by atoms with Crippen LogP contribution in [-0.4, -0.2) is 38.5 Å². The lowest BCUT2D eigenvalue weighted by molar-refractivity contribution is -0.142. The normalized spacial score (nSPS) is 12.2. The summed E-state index contributed by atoms with van der Waals surface area (Å²) in [4.78, 5) is 16.3. The van der Waals surface area contributed by atoms with Crippen LogP contribution in [0.2, 0.25) is 5.02 Å². The van der Waals surface area contributed by atoms with Crippen LogP contribution in [0.15, 0.2) is 33.8 Å². The highest BCUT2D eigenvalue weighted by molar-refractivity contribution is 6.31. The lowest BCUT2D eigenvalue weighted by atomic mass is 10.2. The number of nitrogens with zero attached hydrogens (tertiary/aromatic N) is 4. The molecule has 3 rings (SSSR count). The SMILES string of the molecule is Cc1cc(C(=O)/N=C(/Nc2cc(F)cc(Cl)c2)Nc2c(C)c(C(F)(F)F)nn2CCO)on1. The Bertz CT molecular complexity index is 1180. The third-order valence-corrected chi connectivity index (χ3v) is 4.40. The van der Waals surface area contributed by atoms with Gasteiger partial charge < -0.3 is 20.3 Å². The second kappa shape index (κ2) is 9.58. The molecule has 0 spiro atoms. The van der Waals surface area contributed by atoms with Crippen molar-refractivity contribution in [1.29, 1.82) is 0 Å². The Morgan fingerprint density at radius 3 is 2.55 bits per heavy atom. The van der Waals surface area contributed by atoms with Gasteiger partial charge in [-0.2, -0.15) is 23.3 Å². The fourth-order valence-electron chi connectivity index (χ4n) is 2.82. The van der Waals surface area contributed by atoms with Crippen LogP contribution in [0, 0.1) is 19.7 Å². The zero-order chi connectivity index (χ0) is 24.3. The number of carbonyl (C=O) groups is 1. The van der Waals surface area contributed by atoms with Gasteiger partial charge in [-0.25, -0.2) is 9.07 Å². The van der Waals surface area contributed by atoms with Crippen LogP contribution < -0.4 is 10.6 Å². The summed E-state index contributed by atoms with van der Waals surface area (Å²) in [6.45, 7) is 1.94. The number of aryl methyl sites for hydroxylation is 1. The zero-order valence-electron chi connectivity index (χ0n) is 17.2. The molecule has 0 radical (unpaired) electrons. The van der Waals surface area contributed by atoms with E-state index in [0.717, 1.165) is 23.7 Å². The molecule has 0 unspecified atom stereocenters. The number of hydrogen-bond donors (Lipinski definition) is 3. The van der Waals surface area contributed by atoms with E-state index < -0.39 is 30.2 Å². The lowest BCUT2D eigenvalue weighted by Gasteiger charge is -2.14. The Morgan fingerprint density at radius 2 is 1.97 bits per heavy atom. The van der Waals surface area contributed by atoms with Crippen molar-refractivity contribution in [2.24, 2.45) is 4.99 Å². The summed E-state index contributed by atoms with van der Waals surface area (Å²) >= 11 is 5.85. The van der Waals surface area contributed by atoms with Gasteiger partial charge in [0.25, 0.3) is 0 Å². The molecule has 1 aromatic carbocycles. The molecule has 3 N–H and O–H groups in total. The maximum Gasteiger partial charge on any atom is 0.435 e. The topological polar surface area (TPSA) is 118 Å². The van der Waals surface area contributed by atoms with Gasteiger partial charge in [-0.1, -0.05) is 16.8 Å². The summed E-state index contributed by atoms with van der Waals surface area (Å²) in [6.07, 6.45) is -4.77. The lowest BCUT2D eigenvalue weighted by Crippen LogP contribution is -2.26. The highest BCUT2D eigenvalue weighted by Crippen LogP contribution is 2.34. The van der Waals surface area contributed by atoms with Gasteiger partial charge in [0.1, 0.15) is 11.6 Å². The Balaban J connectivity index is 2.05. The molecule has 9 nitrogen and oxygen atoms in total. The summed E-state index contributed by atoms with van der Waals surface area (Å²) in [5.74, 6) is -2.45. The Kier molecular flexibility index (Phi) is 7.03. The quantitative estimate of drug-likeness (QED) is 0.282. The van der Waals surface area contributed by atoms with Crippen LogP contribution in [0.5, 0.6) is 0 Å². The number of aliphatic hydroxyl groups is 1. The summed E-state index contributed by atoms with van der Waals surface area (Å²) in [5.41, 5.74) is -1.05. The molecule has 33 heavy (non-hydrogen) atoms. The first-order chi connectivity index (χ1) is 15.5. The van der Waals surface area contributed by atoms with E-state index in [1.165, 1.54) is 12.1 Å². The van der Waals surface area contributed by atoms with Gasteiger partial charge in [0.05, 0.1) is 18.8 Å². The first-order valence-corrected chi connectivity index (χ1v) is 9.67. The molecule has 0 aliphatic heterocycles. The number of aliphatic hydroxyl groups excluding tert-OH is 1. The van der Waals surface area contributed by atoms with E-state index in [0.29, 0.717) is 5.69 Å². The molecule has 0 atom stereocenters. The first kappa shape index (κ1) is 24.2. The summed E-state index contributed by atoms with van der Waals surface area (Å²) in [7, 11) is 0. The Labute approximate surface area is 189 Å². The number of carbonyl (C=O) groups excluding carboxylic acids is 1. The standard InChI is InChI=1S/C19H17ClF4N6O3/c1-9-5-14(33-29-9)17(32)27-18(25-13-7-11(20)6-12(21)8-13)26-16-10(2)15(19(22,23)24)28-30(16)3-4-31/h5-8,31H,3-4H2,1-2H3,(H2,25,26,27,32). The van der Waals surface area contributed by atoms with Gasteiger partial charge in [0, 0.05) is 22.3 Å². The van der Waals surface area contributed by atoms with E-state index in [2.05, 4.69) is 25.9 Å². The average Bonchev–Trinajstić information content (AvgIpc) is 3.26. The number of guanidine groups is 1. The molecule has 2 aromatic heterocycles. The third-order valence-electron chi connectivity index (χ3n) is 4.18. The number of halogens is 5. The highest BCUT2D eigenvalue weighted by atomic mass is 35.5. The molecule has 3 aromatic rings. The van der Waals surface area contributed by atoms with Crippen LogP contribution in [-0.2, 0) is 12.7 Å². The molecule has 0 aliphatic carbocycles. The van der Waals surface area contributed by atoms with Crippen molar-refractivity contribution in [2.45, 2.75) is 26.6 Å². The van der Waals surface area contributed by atoms with Crippen molar-refractivity contribution in [3.63, 3.8) is 0 Å². The van der Waals surface area contributed by atoms with Gasteiger partial charge in [0.15, 0.2) is 5.69 Å². The monoisotopic (exact) mass is 488 g/mol. The Morgan fingerprint density at radius 1 is 1.24 bits per heavy atom. The summed E-state index contributed by atoms with van der Waals surface area (Å²) in [6, 6.07) is 4.69. The van der Waals surface area contributed by atoms with Gasteiger partial charge in [0.2, 0.25) is 11.7 Å². The van der Waals surface area contributed by atoms with Crippen molar-refractivity contribution >= 4 is 35.0 Å². The van der Waals surface area contributed by atoms with E-state index in [1.54, 1.807) is 6.92 Å². The van der Waals surface area contributed by atoms with Crippen LogP contribution in [0.25, 0.3) is 0 Å². The van der Waals surface area contributed by atoms with Crippen molar-refractivity contribution in [3.8, 4) is 0 Å². The number of aromatic nitrogens is 3. The fourth-order valence-corrected chi connectivity index (χ4v) is 3.04. The van der Waals surface area contributed by atoms with E-state index >= 15 is 0 Å². The molecule has 0 saturated heterocycles. The van der Waals surface area contributed by atoms with E-state index in [4.69, 9.17) is 16.1 Å². The minimum Gasteiger partial charge on any atom is -0.394 e. The number of rotatable bonds is 5. The second-order valence-electron chi connectivity index (χ2n) is 6.77. The van der Waals surface area contributed by atoms with Crippen LogP contribution in [0.1, 0.15) is 27.5 Å². The number of aliphatic imine (C=N–C) groups is 1. The number of alkyl halides is 3. The van der Waals surface area contributed by atoms with Crippen LogP contribution >= 0.6 is 11.6 Å². The first-order valence-electron chi connectivity index (χ1n) is 9.30. The smallest absolute Gasteiger partial charge is 0.394 e. The molecule has 0 aliphatic rings. The van der Waals surface area contributed by atoms with Gasteiger partial charge in [-0.3, -0.25) is 4.79 Å².